The molecule has 0 unspecified atom stereocenters. The van der Waals surface area contributed by atoms with E-state index in [1.165, 1.54) is 0 Å². The molecule has 2 rings (SSSR count). The Kier molecular flexibility index (Phi) is 4.32. The van der Waals surface area contributed by atoms with Crippen LogP contribution < -0.4 is 0 Å². The highest BCUT2D eigenvalue weighted by Crippen LogP contribution is 2.76. The minimum Gasteiger partial charge on any atom is -0.308 e. The second kappa shape index (κ2) is 5.46. The lowest BCUT2D eigenvalue weighted by molar-refractivity contribution is 0.209. The van der Waals surface area contributed by atoms with Gasteiger partial charge in [-0.1, -0.05) is 28.1 Å². The number of benzene rings is 1. The van der Waals surface area contributed by atoms with Crippen molar-refractivity contribution in [2.24, 2.45) is 0 Å². The molecule has 100 valence electrons. The summed E-state index contributed by atoms with van der Waals surface area (Å²) in [7, 11) is -3.07. The van der Waals surface area contributed by atoms with Gasteiger partial charge in [0.15, 0.2) is 0 Å². The monoisotopic (exact) mass is 332 g/mol. The van der Waals surface area contributed by atoms with Gasteiger partial charge in [-0.15, -0.1) is 0 Å². The Bertz CT molecular complexity index is 461. The van der Waals surface area contributed by atoms with E-state index < -0.39 is 12.8 Å². The van der Waals surface area contributed by atoms with Crippen LogP contribution in [0.25, 0.3) is 0 Å². The average molecular weight is 333 g/mol. The van der Waals surface area contributed by atoms with Crippen molar-refractivity contribution in [1.82, 2.24) is 0 Å². The SMILES string of the molecule is CCOP(=O)(OCC)C1(c2cccc(Br)c2)CC1. The minimum absolute atomic E-state index is 0.410. The Morgan fingerprint density at radius 3 is 2.33 bits per heavy atom. The van der Waals surface area contributed by atoms with E-state index >= 15 is 0 Å². The molecule has 1 fully saturated rings. The third kappa shape index (κ3) is 2.44. The number of hydrogen-bond donors (Lipinski definition) is 0. The average Bonchev–Trinajstić information content (AvgIpc) is 3.11. The summed E-state index contributed by atoms with van der Waals surface area (Å²) in [5.74, 6) is 0. The fourth-order valence-electron chi connectivity index (χ4n) is 2.24. The largest absolute Gasteiger partial charge is 0.341 e. The summed E-state index contributed by atoms with van der Waals surface area (Å²) >= 11 is 3.46. The van der Waals surface area contributed by atoms with Crippen LogP contribution in [0.15, 0.2) is 28.7 Å². The minimum atomic E-state index is -3.07. The van der Waals surface area contributed by atoms with Crippen molar-refractivity contribution in [3.63, 3.8) is 0 Å². The molecular formula is C13H18BrO3P. The lowest BCUT2D eigenvalue weighted by atomic mass is 10.1. The van der Waals surface area contributed by atoms with Gasteiger partial charge in [0.1, 0.15) is 0 Å². The van der Waals surface area contributed by atoms with Gasteiger partial charge < -0.3 is 9.05 Å². The van der Waals surface area contributed by atoms with Gasteiger partial charge in [-0.05, 0) is 44.4 Å². The topological polar surface area (TPSA) is 35.5 Å². The molecule has 0 bridgehead atoms. The summed E-state index contributed by atoms with van der Waals surface area (Å²) < 4.78 is 25.0. The molecule has 1 aliphatic carbocycles. The molecule has 1 aromatic rings. The maximum Gasteiger partial charge on any atom is 0.341 e. The van der Waals surface area contributed by atoms with E-state index in [0.29, 0.717) is 13.2 Å². The molecule has 18 heavy (non-hydrogen) atoms. The van der Waals surface area contributed by atoms with Crippen LogP contribution in [-0.2, 0) is 18.8 Å². The van der Waals surface area contributed by atoms with Crippen molar-refractivity contribution in [2.75, 3.05) is 13.2 Å². The van der Waals surface area contributed by atoms with Crippen LogP contribution in [-0.4, -0.2) is 13.2 Å². The van der Waals surface area contributed by atoms with E-state index in [2.05, 4.69) is 15.9 Å². The van der Waals surface area contributed by atoms with Gasteiger partial charge in [-0.3, -0.25) is 4.57 Å². The van der Waals surface area contributed by atoms with Gasteiger partial charge in [0, 0.05) is 4.47 Å². The lowest BCUT2D eigenvalue weighted by Crippen LogP contribution is -2.13. The van der Waals surface area contributed by atoms with Gasteiger partial charge in [0.25, 0.3) is 0 Å². The molecule has 0 amide bonds. The summed E-state index contributed by atoms with van der Waals surface area (Å²) in [6, 6.07) is 7.94. The number of halogens is 1. The summed E-state index contributed by atoms with van der Waals surface area (Å²) in [4.78, 5) is 0. The molecule has 5 heteroatoms. The molecule has 1 saturated carbocycles. The molecule has 0 saturated heterocycles. The predicted molar refractivity (Wildman–Crippen MR) is 75.9 cm³/mol. The molecule has 0 N–H and O–H groups in total. The first-order valence-electron chi connectivity index (χ1n) is 6.23. The first-order chi connectivity index (χ1) is 8.58. The second-order valence-corrected chi connectivity index (χ2v) is 7.66. The molecule has 3 nitrogen and oxygen atoms in total. The van der Waals surface area contributed by atoms with Crippen LogP contribution in [0.3, 0.4) is 0 Å². The van der Waals surface area contributed by atoms with E-state index in [9.17, 15) is 4.57 Å². The van der Waals surface area contributed by atoms with E-state index in [4.69, 9.17) is 9.05 Å². The Labute approximate surface area is 117 Å². The maximum absolute atomic E-state index is 12.9. The molecule has 0 aromatic heterocycles. The normalized spacial score (nSPS) is 17.7. The Morgan fingerprint density at radius 2 is 1.89 bits per heavy atom. The fourth-order valence-corrected chi connectivity index (χ4v) is 5.00. The zero-order chi connectivity index (χ0) is 13.2. The lowest BCUT2D eigenvalue weighted by Gasteiger charge is -2.26. The van der Waals surface area contributed by atoms with E-state index in [0.717, 1.165) is 22.9 Å². The number of hydrogen-bond acceptors (Lipinski definition) is 3. The quantitative estimate of drug-likeness (QED) is 0.708. The molecule has 1 aliphatic rings. The van der Waals surface area contributed by atoms with Crippen molar-refractivity contribution in [3.05, 3.63) is 34.3 Å². The van der Waals surface area contributed by atoms with Crippen molar-refractivity contribution in [3.8, 4) is 0 Å². The van der Waals surface area contributed by atoms with E-state index in [1.807, 2.05) is 38.1 Å². The predicted octanol–water partition coefficient (Wildman–Crippen LogP) is 4.70. The highest BCUT2D eigenvalue weighted by atomic mass is 79.9. The zero-order valence-electron chi connectivity index (χ0n) is 10.7. The highest BCUT2D eigenvalue weighted by Gasteiger charge is 2.61. The molecular weight excluding hydrogens is 315 g/mol. The summed E-state index contributed by atoms with van der Waals surface area (Å²) in [5.41, 5.74) is 1.04. The van der Waals surface area contributed by atoms with Crippen molar-refractivity contribution in [2.45, 2.75) is 31.8 Å². The summed E-state index contributed by atoms with van der Waals surface area (Å²) in [6.45, 7) is 4.52. The van der Waals surface area contributed by atoms with Crippen LogP contribution >= 0.6 is 23.5 Å². The first-order valence-corrected chi connectivity index (χ1v) is 8.57. The molecule has 0 atom stereocenters. The molecule has 0 heterocycles. The Morgan fingerprint density at radius 1 is 1.28 bits per heavy atom. The van der Waals surface area contributed by atoms with Gasteiger partial charge >= 0.3 is 7.60 Å². The van der Waals surface area contributed by atoms with Crippen LogP contribution in [0.4, 0.5) is 0 Å². The summed E-state index contributed by atoms with van der Waals surface area (Å²) in [6.07, 6.45) is 1.72. The van der Waals surface area contributed by atoms with Gasteiger partial charge in [0.05, 0.1) is 18.4 Å². The van der Waals surface area contributed by atoms with Gasteiger partial charge in [-0.25, -0.2) is 0 Å². The van der Waals surface area contributed by atoms with Crippen molar-refractivity contribution >= 4 is 23.5 Å². The molecule has 0 radical (unpaired) electrons. The smallest absolute Gasteiger partial charge is 0.308 e. The van der Waals surface area contributed by atoms with Crippen LogP contribution in [0.2, 0.25) is 0 Å². The molecule has 0 aliphatic heterocycles. The van der Waals surface area contributed by atoms with Crippen LogP contribution in [0, 0.1) is 0 Å². The van der Waals surface area contributed by atoms with Gasteiger partial charge in [0.2, 0.25) is 0 Å². The summed E-state index contributed by atoms with van der Waals surface area (Å²) in [5, 5.41) is -0.428. The first kappa shape index (κ1) is 14.3. The number of rotatable bonds is 6. The third-order valence-corrected chi connectivity index (χ3v) is 6.65. The Hall–Kier alpha value is -0.150. The molecule has 0 spiro atoms. The standard InChI is InChI=1S/C13H18BrO3P/c1-3-16-18(15,17-4-2)13(8-9-13)11-6-5-7-12(14)10-11/h5-7,10H,3-4,8-9H2,1-2H3. The zero-order valence-corrected chi connectivity index (χ0v) is 13.2. The highest BCUT2D eigenvalue weighted by molar-refractivity contribution is 9.10. The van der Waals surface area contributed by atoms with Crippen molar-refractivity contribution in [1.29, 1.82) is 0 Å². The van der Waals surface area contributed by atoms with Gasteiger partial charge in [-0.2, -0.15) is 0 Å². The second-order valence-electron chi connectivity index (χ2n) is 4.37. The fraction of sp³-hybridized carbons (Fsp3) is 0.538. The maximum atomic E-state index is 12.9. The third-order valence-electron chi connectivity index (χ3n) is 3.21. The Balaban J connectivity index is 2.37. The molecule has 1 aromatic carbocycles. The van der Waals surface area contributed by atoms with E-state index in [-0.39, 0.29) is 0 Å². The van der Waals surface area contributed by atoms with Crippen LogP contribution in [0.5, 0.6) is 0 Å². The van der Waals surface area contributed by atoms with Crippen molar-refractivity contribution < 1.29 is 13.6 Å². The van der Waals surface area contributed by atoms with E-state index in [1.54, 1.807) is 0 Å². The van der Waals surface area contributed by atoms with Crippen LogP contribution in [0.1, 0.15) is 32.3 Å².